The van der Waals surface area contributed by atoms with E-state index in [0.29, 0.717) is 11.5 Å². The van der Waals surface area contributed by atoms with Gasteiger partial charge in [-0.2, -0.15) is 0 Å². The second kappa shape index (κ2) is 10.2. The predicted octanol–water partition coefficient (Wildman–Crippen LogP) is 5.44. The number of carbonyl (C=O) groups excluding carboxylic acids is 1. The Morgan fingerprint density at radius 3 is 1.80 bits per heavy atom. The summed E-state index contributed by atoms with van der Waals surface area (Å²) in [6.07, 6.45) is 2.04. The van der Waals surface area contributed by atoms with Crippen molar-refractivity contribution in [3.63, 3.8) is 0 Å². The fourth-order valence-electron chi connectivity index (χ4n) is 3.44. The molecular formula is C25H27NO3S. The highest BCUT2D eigenvalue weighted by Crippen LogP contribution is 2.35. The number of rotatable bonds is 8. The number of para-hydroxylation sites is 2. The average Bonchev–Trinajstić information content (AvgIpc) is 2.82. The number of hydrogen-bond donors (Lipinski definition) is 1. The van der Waals surface area contributed by atoms with E-state index in [1.807, 2.05) is 86.0 Å². The number of thioether (sulfide) groups is 1. The summed E-state index contributed by atoms with van der Waals surface area (Å²) in [5.74, 6) is 1.07. The largest absolute Gasteiger partial charge is 0.496 e. The van der Waals surface area contributed by atoms with Crippen LogP contribution in [0.5, 0.6) is 11.5 Å². The normalized spacial score (nSPS) is 11.8. The molecule has 0 aliphatic carbocycles. The molecule has 0 spiro atoms. The quantitative estimate of drug-likeness (QED) is 0.492. The zero-order valence-electron chi connectivity index (χ0n) is 17.7. The number of ether oxygens (including phenoxy) is 2. The van der Waals surface area contributed by atoms with Gasteiger partial charge in [-0.1, -0.05) is 48.5 Å². The Morgan fingerprint density at radius 1 is 0.833 bits per heavy atom. The lowest BCUT2D eigenvalue weighted by molar-refractivity contribution is -0.122. The van der Waals surface area contributed by atoms with Gasteiger partial charge in [-0.05, 0) is 43.0 Å². The molecule has 0 saturated heterocycles. The van der Waals surface area contributed by atoms with Crippen LogP contribution in [0.1, 0.15) is 35.6 Å². The van der Waals surface area contributed by atoms with Crippen LogP contribution in [0, 0.1) is 0 Å². The van der Waals surface area contributed by atoms with Crippen LogP contribution < -0.4 is 14.8 Å². The lowest BCUT2D eigenvalue weighted by atomic mass is 9.94. The molecule has 30 heavy (non-hydrogen) atoms. The zero-order valence-corrected chi connectivity index (χ0v) is 18.5. The smallest absolute Gasteiger partial charge is 0.228 e. The first kappa shape index (κ1) is 21.8. The van der Waals surface area contributed by atoms with Crippen molar-refractivity contribution in [2.75, 3.05) is 20.5 Å². The van der Waals surface area contributed by atoms with Gasteiger partial charge in [-0.15, -0.1) is 11.8 Å². The summed E-state index contributed by atoms with van der Waals surface area (Å²) < 4.78 is 11.2. The second-order valence-electron chi connectivity index (χ2n) is 6.92. The Hall–Kier alpha value is -2.92. The number of hydrogen-bond acceptors (Lipinski definition) is 4. The molecule has 3 aromatic rings. The maximum atomic E-state index is 13.3. The topological polar surface area (TPSA) is 47.6 Å². The van der Waals surface area contributed by atoms with E-state index in [2.05, 4.69) is 5.32 Å². The molecule has 4 nitrogen and oxygen atoms in total. The van der Waals surface area contributed by atoms with Gasteiger partial charge in [0, 0.05) is 16.0 Å². The van der Waals surface area contributed by atoms with Crippen LogP contribution >= 0.6 is 11.8 Å². The third-order valence-electron chi connectivity index (χ3n) is 5.20. The lowest BCUT2D eigenvalue weighted by Gasteiger charge is -2.25. The van der Waals surface area contributed by atoms with Gasteiger partial charge >= 0.3 is 0 Å². The van der Waals surface area contributed by atoms with Crippen molar-refractivity contribution in [2.45, 2.75) is 23.8 Å². The Kier molecular flexibility index (Phi) is 7.41. The summed E-state index contributed by atoms with van der Waals surface area (Å²) >= 11 is 1.68. The molecular weight excluding hydrogens is 394 g/mol. The van der Waals surface area contributed by atoms with E-state index in [0.717, 1.165) is 16.7 Å². The van der Waals surface area contributed by atoms with Gasteiger partial charge in [0.25, 0.3) is 0 Å². The molecule has 0 radical (unpaired) electrons. The number of nitrogens with one attached hydrogen (secondary N) is 1. The molecule has 5 heteroatoms. The number of carbonyl (C=O) groups is 1. The molecule has 156 valence electrons. The van der Waals surface area contributed by atoms with E-state index in [-0.39, 0.29) is 11.8 Å². The Balaban J connectivity index is 1.96. The van der Waals surface area contributed by atoms with Gasteiger partial charge in [0.15, 0.2) is 0 Å². The van der Waals surface area contributed by atoms with Gasteiger partial charge in [0.1, 0.15) is 11.5 Å². The monoisotopic (exact) mass is 421 g/mol. The van der Waals surface area contributed by atoms with E-state index in [4.69, 9.17) is 9.47 Å². The molecule has 0 aromatic heterocycles. The summed E-state index contributed by atoms with van der Waals surface area (Å²) in [5, 5.41) is 3.22. The first-order valence-electron chi connectivity index (χ1n) is 9.79. The number of benzene rings is 3. The Bertz CT molecular complexity index is 940. The van der Waals surface area contributed by atoms with Crippen LogP contribution in [0.4, 0.5) is 0 Å². The molecule has 0 fully saturated rings. The minimum Gasteiger partial charge on any atom is -0.496 e. The van der Waals surface area contributed by atoms with Crippen LogP contribution in [0.15, 0.2) is 77.7 Å². The van der Waals surface area contributed by atoms with Crippen molar-refractivity contribution in [2.24, 2.45) is 0 Å². The summed E-state index contributed by atoms with van der Waals surface area (Å²) in [6, 6.07) is 23.1. The van der Waals surface area contributed by atoms with Crippen molar-refractivity contribution in [1.29, 1.82) is 0 Å². The molecule has 0 heterocycles. The Morgan fingerprint density at radius 2 is 1.33 bits per heavy atom. The van der Waals surface area contributed by atoms with Crippen molar-refractivity contribution in [3.8, 4) is 11.5 Å². The predicted molar refractivity (Wildman–Crippen MR) is 123 cm³/mol. The van der Waals surface area contributed by atoms with E-state index in [1.54, 1.807) is 26.0 Å². The maximum Gasteiger partial charge on any atom is 0.228 e. The SMILES string of the molecule is COc1ccccc1C(NC(=O)C(C)c1ccc(SC)cc1)c1ccccc1OC. The molecule has 1 N–H and O–H groups in total. The van der Waals surface area contributed by atoms with Gasteiger partial charge in [-0.25, -0.2) is 0 Å². The van der Waals surface area contributed by atoms with Gasteiger partial charge in [0.2, 0.25) is 5.91 Å². The second-order valence-corrected chi connectivity index (χ2v) is 7.80. The molecule has 3 rings (SSSR count). The van der Waals surface area contributed by atoms with Crippen LogP contribution in [-0.4, -0.2) is 26.4 Å². The zero-order chi connectivity index (χ0) is 21.5. The van der Waals surface area contributed by atoms with Crippen molar-refractivity contribution in [3.05, 3.63) is 89.5 Å². The highest BCUT2D eigenvalue weighted by atomic mass is 32.2. The summed E-state index contributed by atoms with van der Waals surface area (Å²) in [4.78, 5) is 14.4. The summed E-state index contributed by atoms with van der Waals surface area (Å²) in [5.41, 5.74) is 2.73. The van der Waals surface area contributed by atoms with Crippen molar-refractivity contribution in [1.82, 2.24) is 5.32 Å². The molecule has 0 bridgehead atoms. The third-order valence-corrected chi connectivity index (χ3v) is 5.94. The highest BCUT2D eigenvalue weighted by Gasteiger charge is 2.26. The molecule has 1 atom stereocenters. The average molecular weight is 422 g/mol. The van der Waals surface area contributed by atoms with E-state index >= 15 is 0 Å². The molecule has 1 amide bonds. The first-order chi connectivity index (χ1) is 14.6. The molecule has 3 aromatic carbocycles. The van der Waals surface area contributed by atoms with Crippen LogP contribution in [0.3, 0.4) is 0 Å². The maximum absolute atomic E-state index is 13.3. The molecule has 0 aliphatic rings. The van der Waals surface area contributed by atoms with E-state index in [1.165, 1.54) is 4.90 Å². The number of amides is 1. The van der Waals surface area contributed by atoms with E-state index < -0.39 is 6.04 Å². The number of methoxy groups -OCH3 is 2. The first-order valence-corrected chi connectivity index (χ1v) is 11.0. The van der Waals surface area contributed by atoms with Gasteiger partial charge < -0.3 is 14.8 Å². The fourth-order valence-corrected chi connectivity index (χ4v) is 3.85. The van der Waals surface area contributed by atoms with Crippen LogP contribution in [0.2, 0.25) is 0 Å². The van der Waals surface area contributed by atoms with Crippen LogP contribution in [0.25, 0.3) is 0 Å². The fraction of sp³-hybridized carbons (Fsp3) is 0.240. The van der Waals surface area contributed by atoms with Crippen LogP contribution in [-0.2, 0) is 4.79 Å². The summed E-state index contributed by atoms with van der Waals surface area (Å²) in [6.45, 7) is 1.92. The third kappa shape index (κ3) is 4.79. The minimum absolute atomic E-state index is 0.0614. The standard InChI is InChI=1S/C25H27NO3S/c1-17(18-13-15-19(30-4)16-14-18)25(27)26-24(20-9-5-7-11-22(20)28-2)21-10-6-8-12-23(21)29-3/h5-17,24H,1-4H3,(H,26,27). The van der Waals surface area contributed by atoms with Crippen molar-refractivity contribution < 1.29 is 14.3 Å². The van der Waals surface area contributed by atoms with Crippen molar-refractivity contribution >= 4 is 17.7 Å². The highest BCUT2D eigenvalue weighted by molar-refractivity contribution is 7.98. The van der Waals surface area contributed by atoms with Gasteiger partial charge in [0.05, 0.1) is 26.2 Å². The molecule has 0 aliphatic heterocycles. The lowest BCUT2D eigenvalue weighted by Crippen LogP contribution is -2.33. The summed E-state index contributed by atoms with van der Waals surface area (Å²) in [7, 11) is 3.27. The Labute approximate surface area is 182 Å². The molecule has 0 saturated carbocycles. The molecule has 1 unspecified atom stereocenters. The van der Waals surface area contributed by atoms with E-state index in [9.17, 15) is 4.79 Å². The van der Waals surface area contributed by atoms with Gasteiger partial charge in [-0.3, -0.25) is 4.79 Å². The minimum atomic E-state index is -0.405.